The molecule has 2 rings (SSSR count). The summed E-state index contributed by atoms with van der Waals surface area (Å²) in [5, 5.41) is 14.8. The van der Waals surface area contributed by atoms with E-state index < -0.39 is 25.5 Å². The van der Waals surface area contributed by atoms with Gasteiger partial charge in [0.05, 0.1) is 11.1 Å². The minimum absolute atomic E-state index is 0.103. The summed E-state index contributed by atoms with van der Waals surface area (Å²) in [7, 11) is -2.41. The molecule has 0 aliphatic heterocycles. The van der Waals surface area contributed by atoms with Crippen molar-refractivity contribution in [1.29, 1.82) is 0 Å². The lowest BCUT2D eigenvalue weighted by Crippen LogP contribution is -2.24. The Morgan fingerprint density at radius 2 is 2.10 bits per heavy atom. The highest BCUT2D eigenvalue weighted by Gasteiger charge is 2.25. The van der Waals surface area contributed by atoms with Crippen LogP contribution in [0, 0.1) is 10.1 Å². The quantitative estimate of drug-likeness (QED) is 0.606. The van der Waals surface area contributed by atoms with Gasteiger partial charge in [-0.1, -0.05) is 12.1 Å². The average molecular weight is 311 g/mol. The van der Waals surface area contributed by atoms with E-state index in [4.69, 9.17) is 5.73 Å². The Morgan fingerprint density at radius 3 is 2.67 bits per heavy atom. The zero-order valence-corrected chi connectivity index (χ0v) is 11.9. The molecular weight excluding hydrogens is 298 g/mol. The summed E-state index contributed by atoms with van der Waals surface area (Å²) in [6, 6.07) is 5.12. The number of hydrogen-bond acceptors (Lipinski definition) is 6. The van der Waals surface area contributed by atoms with E-state index in [2.05, 4.69) is 9.82 Å². The molecule has 9 nitrogen and oxygen atoms in total. The Labute approximate surface area is 120 Å². The van der Waals surface area contributed by atoms with Crippen LogP contribution >= 0.6 is 0 Å². The van der Waals surface area contributed by atoms with Crippen LogP contribution in [-0.4, -0.2) is 23.1 Å². The molecule has 0 fully saturated rings. The monoisotopic (exact) mass is 311 g/mol. The van der Waals surface area contributed by atoms with Crippen molar-refractivity contribution in [2.45, 2.75) is 11.4 Å². The van der Waals surface area contributed by atoms with Gasteiger partial charge in [-0.2, -0.15) is 5.10 Å². The number of nitro benzene ring substituents is 1. The molecule has 3 N–H and O–H groups in total. The number of nitro groups is 1. The molecule has 0 unspecified atom stereocenters. The molecule has 0 atom stereocenters. The highest BCUT2D eigenvalue weighted by Crippen LogP contribution is 2.23. The summed E-state index contributed by atoms with van der Waals surface area (Å²) in [6.45, 7) is -0.103. The normalized spacial score (nSPS) is 11.5. The molecule has 0 bridgehead atoms. The minimum Gasteiger partial charge on any atom is -0.384 e. The Hall–Kier alpha value is -2.46. The molecule has 1 aromatic heterocycles. The van der Waals surface area contributed by atoms with Crippen molar-refractivity contribution in [2.24, 2.45) is 7.05 Å². The molecule has 1 heterocycles. The zero-order chi connectivity index (χ0) is 15.6. The van der Waals surface area contributed by atoms with Gasteiger partial charge in [-0.05, 0) is 6.07 Å². The zero-order valence-electron chi connectivity index (χ0n) is 11.1. The highest BCUT2D eigenvalue weighted by molar-refractivity contribution is 7.89. The van der Waals surface area contributed by atoms with E-state index in [1.54, 1.807) is 7.05 Å². The molecule has 1 aromatic carbocycles. The number of anilines is 1. The third-order valence-electron chi connectivity index (χ3n) is 2.87. The summed E-state index contributed by atoms with van der Waals surface area (Å²) in [6.07, 6.45) is 1.43. The van der Waals surface area contributed by atoms with Crippen molar-refractivity contribution in [3.63, 3.8) is 0 Å². The molecule has 0 aliphatic carbocycles. The molecule has 112 valence electrons. The molecule has 21 heavy (non-hydrogen) atoms. The Kier molecular flexibility index (Phi) is 3.91. The maximum atomic E-state index is 12.2. The number of aryl methyl sites for hydroxylation is 1. The van der Waals surface area contributed by atoms with Crippen LogP contribution in [-0.2, 0) is 23.6 Å². The fourth-order valence-electron chi connectivity index (χ4n) is 1.71. The summed E-state index contributed by atoms with van der Waals surface area (Å²) in [5.74, 6) is 0.320. The van der Waals surface area contributed by atoms with E-state index in [-0.39, 0.29) is 6.54 Å². The maximum Gasteiger partial charge on any atom is 0.289 e. The van der Waals surface area contributed by atoms with Gasteiger partial charge in [0.15, 0.2) is 4.90 Å². The number of rotatable bonds is 5. The van der Waals surface area contributed by atoms with Crippen LogP contribution in [0.3, 0.4) is 0 Å². The van der Waals surface area contributed by atoms with Gasteiger partial charge in [0.1, 0.15) is 5.82 Å². The van der Waals surface area contributed by atoms with Crippen molar-refractivity contribution >= 4 is 21.5 Å². The van der Waals surface area contributed by atoms with E-state index in [1.165, 1.54) is 29.1 Å². The number of nitrogen functional groups attached to an aromatic ring is 1. The third kappa shape index (κ3) is 3.01. The molecule has 0 spiro atoms. The molecule has 2 aromatic rings. The number of aromatic nitrogens is 2. The molecular formula is C11H13N5O4S. The van der Waals surface area contributed by atoms with Gasteiger partial charge in [-0.25, -0.2) is 13.1 Å². The van der Waals surface area contributed by atoms with Crippen LogP contribution in [0.2, 0.25) is 0 Å². The third-order valence-corrected chi connectivity index (χ3v) is 4.32. The van der Waals surface area contributed by atoms with Crippen LogP contribution in [0.15, 0.2) is 35.4 Å². The number of sulfonamides is 1. The van der Waals surface area contributed by atoms with E-state index in [9.17, 15) is 18.5 Å². The molecule has 0 amide bonds. The fourth-order valence-corrected chi connectivity index (χ4v) is 2.89. The standard InChI is InChI=1S/C11H13N5O4S/c1-15-11(12)8(6-13-15)7-14-21(19,20)10-5-3-2-4-9(10)16(17)18/h2-6,14H,7,12H2,1H3. The first-order valence-corrected chi connectivity index (χ1v) is 7.30. The first kappa shape index (κ1) is 14.9. The maximum absolute atomic E-state index is 12.2. The van der Waals surface area contributed by atoms with Gasteiger partial charge >= 0.3 is 0 Å². The SMILES string of the molecule is Cn1ncc(CNS(=O)(=O)c2ccccc2[N+](=O)[O-])c1N. The van der Waals surface area contributed by atoms with E-state index in [0.29, 0.717) is 11.4 Å². The molecule has 0 saturated heterocycles. The number of nitrogens with zero attached hydrogens (tertiary/aromatic N) is 3. The number of hydrogen-bond donors (Lipinski definition) is 2. The van der Waals surface area contributed by atoms with Gasteiger partial charge in [0, 0.05) is 25.2 Å². The van der Waals surface area contributed by atoms with Crippen LogP contribution in [0.4, 0.5) is 11.5 Å². The Balaban J connectivity index is 2.27. The van der Waals surface area contributed by atoms with Gasteiger partial charge in [-0.3, -0.25) is 14.8 Å². The average Bonchev–Trinajstić information content (AvgIpc) is 2.77. The van der Waals surface area contributed by atoms with Crippen molar-refractivity contribution in [3.05, 3.63) is 46.1 Å². The largest absolute Gasteiger partial charge is 0.384 e. The lowest BCUT2D eigenvalue weighted by atomic mass is 10.3. The number of nitrogens with one attached hydrogen (secondary N) is 1. The second-order valence-corrected chi connectivity index (χ2v) is 5.96. The van der Waals surface area contributed by atoms with E-state index in [0.717, 1.165) is 6.07 Å². The fraction of sp³-hybridized carbons (Fsp3) is 0.182. The minimum atomic E-state index is -4.03. The van der Waals surface area contributed by atoms with Crippen LogP contribution < -0.4 is 10.5 Å². The van der Waals surface area contributed by atoms with Crippen molar-refractivity contribution in [3.8, 4) is 0 Å². The topological polar surface area (TPSA) is 133 Å². The van der Waals surface area contributed by atoms with Crippen molar-refractivity contribution in [1.82, 2.24) is 14.5 Å². The first-order chi connectivity index (χ1) is 9.83. The van der Waals surface area contributed by atoms with E-state index >= 15 is 0 Å². The Morgan fingerprint density at radius 1 is 1.43 bits per heavy atom. The predicted octanol–water partition coefficient (Wildman–Crippen LogP) is 0.389. The lowest BCUT2D eigenvalue weighted by molar-refractivity contribution is -0.387. The molecule has 0 radical (unpaired) electrons. The molecule has 10 heteroatoms. The number of para-hydroxylation sites is 1. The highest BCUT2D eigenvalue weighted by atomic mass is 32.2. The summed E-state index contributed by atoms with van der Waals surface area (Å²) >= 11 is 0. The summed E-state index contributed by atoms with van der Waals surface area (Å²) in [4.78, 5) is 9.75. The molecule has 0 saturated carbocycles. The van der Waals surface area contributed by atoms with E-state index in [1.807, 2.05) is 0 Å². The Bertz CT molecular complexity index is 784. The molecule has 0 aliphatic rings. The number of nitrogens with two attached hydrogens (primary N) is 1. The van der Waals surface area contributed by atoms with Gasteiger partial charge in [0.25, 0.3) is 5.69 Å². The van der Waals surface area contributed by atoms with Gasteiger partial charge in [0.2, 0.25) is 10.0 Å². The second kappa shape index (κ2) is 5.50. The number of benzene rings is 1. The van der Waals surface area contributed by atoms with Crippen LogP contribution in [0.5, 0.6) is 0 Å². The van der Waals surface area contributed by atoms with Gasteiger partial charge < -0.3 is 5.73 Å². The predicted molar refractivity (Wildman–Crippen MR) is 74.7 cm³/mol. The van der Waals surface area contributed by atoms with Crippen LogP contribution in [0.1, 0.15) is 5.56 Å². The smallest absolute Gasteiger partial charge is 0.289 e. The second-order valence-electron chi connectivity index (χ2n) is 4.23. The lowest BCUT2D eigenvalue weighted by Gasteiger charge is -2.07. The first-order valence-electron chi connectivity index (χ1n) is 5.82. The van der Waals surface area contributed by atoms with Crippen LogP contribution in [0.25, 0.3) is 0 Å². The van der Waals surface area contributed by atoms with Gasteiger partial charge in [-0.15, -0.1) is 0 Å². The summed E-state index contributed by atoms with van der Waals surface area (Å²) in [5.41, 5.74) is 5.71. The van der Waals surface area contributed by atoms with Crippen molar-refractivity contribution < 1.29 is 13.3 Å². The van der Waals surface area contributed by atoms with Crippen molar-refractivity contribution in [2.75, 3.05) is 5.73 Å². The summed E-state index contributed by atoms with van der Waals surface area (Å²) < 4.78 is 28.0.